The molecule has 1 unspecified atom stereocenters. The molecule has 1 aliphatic carbocycles. The lowest BCUT2D eigenvalue weighted by Crippen LogP contribution is -2.41. The first kappa shape index (κ1) is 17.9. The Morgan fingerprint density at radius 1 is 1.32 bits per heavy atom. The topological polar surface area (TPSA) is 50.8 Å². The molecule has 25 heavy (non-hydrogen) atoms. The summed E-state index contributed by atoms with van der Waals surface area (Å²) in [4.78, 5) is 14.8. The normalized spacial score (nSPS) is 20.7. The molecular weight excluding hydrogens is 330 g/mol. The summed E-state index contributed by atoms with van der Waals surface area (Å²) in [5.74, 6) is 0.632. The van der Waals surface area contributed by atoms with E-state index in [1.807, 2.05) is 0 Å². The van der Waals surface area contributed by atoms with Gasteiger partial charge in [0.25, 0.3) is 5.91 Å². The lowest BCUT2D eigenvalue weighted by Gasteiger charge is -2.24. The Hall–Kier alpha value is -1.89. The Morgan fingerprint density at radius 3 is 2.80 bits per heavy atom. The summed E-state index contributed by atoms with van der Waals surface area (Å²) >= 11 is 0. The van der Waals surface area contributed by atoms with E-state index in [0.29, 0.717) is 18.2 Å². The van der Waals surface area contributed by atoms with Crippen molar-refractivity contribution < 1.29 is 23.0 Å². The zero-order valence-corrected chi connectivity index (χ0v) is 14.3. The minimum absolute atomic E-state index is 0.0829. The summed E-state index contributed by atoms with van der Waals surface area (Å²) in [5, 5.41) is 2.95. The zero-order chi connectivity index (χ0) is 17.8. The van der Waals surface area contributed by atoms with Crippen LogP contribution in [-0.4, -0.2) is 50.2 Å². The third kappa shape index (κ3) is 4.81. The number of carbonyl (C=O) groups is 1. The average Bonchev–Trinajstić information content (AvgIpc) is 3.29. The van der Waals surface area contributed by atoms with Crippen molar-refractivity contribution in [2.24, 2.45) is 5.92 Å². The number of hydrogen-bond acceptors (Lipinski definition) is 4. The smallest absolute Gasteiger partial charge is 0.387 e. The number of nitrogens with zero attached hydrogens (tertiary/aromatic N) is 1. The molecule has 2 fully saturated rings. The van der Waals surface area contributed by atoms with Crippen molar-refractivity contribution in [1.29, 1.82) is 0 Å². The first-order valence-electron chi connectivity index (χ1n) is 8.72. The maximum atomic E-state index is 12.4. The molecule has 0 spiro atoms. The predicted octanol–water partition coefficient (Wildman–Crippen LogP) is 2.90. The number of carbonyl (C=O) groups excluding carboxylic acids is 1. The van der Waals surface area contributed by atoms with E-state index < -0.39 is 6.61 Å². The van der Waals surface area contributed by atoms with Gasteiger partial charge in [0.1, 0.15) is 0 Å². The number of benzene rings is 1. The molecule has 1 aromatic rings. The summed E-state index contributed by atoms with van der Waals surface area (Å²) < 4.78 is 34.1. The van der Waals surface area contributed by atoms with Crippen molar-refractivity contribution in [1.82, 2.24) is 10.2 Å². The molecule has 2 aliphatic rings. The van der Waals surface area contributed by atoms with Gasteiger partial charge in [-0.1, -0.05) is 0 Å². The Labute approximate surface area is 146 Å². The average molecular weight is 354 g/mol. The van der Waals surface area contributed by atoms with Crippen LogP contribution in [0.25, 0.3) is 0 Å². The van der Waals surface area contributed by atoms with Gasteiger partial charge in [-0.3, -0.25) is 9.69 Å². The third-order valence-electron chi connectivity index (χ3n) is 4.83. The monoisotopic (exact) mass is 354 g/mol. The predicted molar refractivity (Wildman–Crippen MR) is 89.3 cm³/mol. The van der Waals surface area contributed by atoms with Crippen LogP contribution in [0, 0.1) is 5.92 Å². The van der Waals surface area contributed by atoms with Crippen LogP contribution in [0.2, 0.25) is 0 Å². The quantitative estimate of drug-likeness (QED) is 0.780. The van der Waals surface area contributed by atoms with Crippen LogP contribution in [0.4, 0.5) is 8.78 Å². The number of ether oxygens (including phenoxy) is 2. The Kier molecular flexibility index (Phi) is 5.73. The van der Waals surface area contributed by atoms with E-state index in [2.05, 4.69) is 15.0 Å². The van der Waals surface area contributed by atoms with Crippen molar-refractivity contribution in [2.45, 2.75) is 38.3 Å². The molecule has 3 rings (SSSR count). The second-order valence-electron chi connectivity index (χ2n) is 6.69. The maximum Gasteiger partial charge on any atom is 0.387 e. The Balaban J connectivity index is 1.57. The molecule has 7 heteroatoms. The Morgan fingerprint density at radius 2 is 2.12 bits per heavy atom. The van der Waals surface area contributed by atoms with Crippen LogP contribution in [0.5, 0.6) is 11.5 Å². The number of alkyl halides is 2. The fourth-order valence-electron chi connectivity index (χ4n) is 3.31. The minimum atomic E-state index is -2.94. The fourth-order valence-corrected chi connectivity index (χ4v) is 3.31. The minimum Gasteiger partial charge on any atom is -0.493 e. The van der Waals surface area contributed by atoms with E-state index in [0.717, 1.165) is 25.4 Å². The fraction of sp³-hybridized carbons (Fsp3) is 0.611. The van der Waals surface area contributed by atoms with Crippen LogP contribution in [0.15, 0.2) is 18.2 Å². The van der Waals surface area contributed by atoms with Crippen molar-refractivity contribution in [3.05, 3.63) is 23.8 Å². The number of halogens is 2. The van der Waals surface area contributed by atoms with Crippen molar-refractivity contribution in [3.63, 3.8) is 0 Å². The van der Waals surface area contributed by atoms with Crippen LogP contribution in [-0.2, 0) is 0 Å². The third-order valence-corrected chi connectivity index (χ3v) is 4.83. The van der Waals surface area contributed by atoms with Gasteiger partial charge in [-0.15, -0.1) is 0 Å². The molecule has 0 bridgehead atoms. The highest BCUT2D eigenvalue weighted by Crippen LogP contribution is 2.32. The van der Waals surface area contributed by atoms with Crippen molar-refractivity contribution in [2.75, 3.05) is 26.7 Å². The van der Waals surface area contributed by atoms with Crippen LogP contribution < -0.4 is 14.8 Å². The second-order valence-corrected chi connectivity index (χ2v) is 6.69. The van der Waals surface area contributed by atoms with Crippen LogP contribution in [0.1, 0.15) is 36.0 Å². The molecule has 1 N–H and O–H groups in total. The standard InChI is InChI=1S/C18H24F2N2O3/c1-24-16-9-13(6-7-15(16)25-18(19)20)17(23)21-10-14-3-2-8-22(14)11-12-4-5-12/h6-7,9,12,14,18H,2-5,8,10-11H2,1H3,(H,21,23). The van der Waals surface area contributed by atoms with E-state index >= 15 is 0 Å². The lowest BCUT2D eigenvalue weighted by molar-refractivity contribution is -0.0512. The molecule has 138 valence electrons. The molecule has 1 aliphatic heterocycles. The Bertz CT molecular complexity index is 608. The van der Waals surface area contributed by atoms with Gasteiger partial charge < -0.3 is 14.8 Å². The molecule has 0 aromatic heterocycles. The molecule has 5 nitrogen and oxygen atoms in total. The summed E-state index contributed by atoms with van der Waals surface area (Å²) in [6, 6.07) is 4.60. The van der Waals surface area contributed by atoms with Gasteiger partial charge in [0.2, 0.25) is 0 Å². The zero-order valence-electron chi connectivity index (χ0n) is 14.3. The first-order chi connectivity index (χ1) is 12.1. The first-order valence-corrected chi connectivity index (χ1v) is 8.72. The molecule has 1 saturated carbocycles. The van der Waals surface area contributed by atoms with Gasteiger partial charge in [-0.25, -0.2) is 0 Å². The highest BCUT2D eigenvalue weighted by atomic mass is 19.3. The summed E-state index contributed by atoms with van der Waals surface area (Å²) in [5.41, 5.74) is 0.366. The largest absolute Gasteiger partial charge is 0.493 e. The highest BCUT2D eigenvalue weighted by Gasteiger charge is 2.31. The van der Waals surface area contributed by atoms with Gasteiger partial charge in [-0.05, 0) is 56.3 Å². The number of nitrogens with one attached hydrogen (secondary N) is 1. The van der Waals surface area contributed by atoms with Gasteiger partial charge in [0, 0.05) is 24.7 Å². The van der Waals surface area contributed by atoms with Gasteiger partial charge in [0.15, 0.2) is 11.5 Å². The molecule has 1 heterocycles. The summed E-state index contributed by atoms with van der Waals surface area (Å²) in [6.45, 7) is -0.102. The van der Waals surface area contributed by atoms with Gasteiger partial charge in [0.05, 0.1) is 7.11 Å². The summed E-state index contributed by atoms with van der Waals surface area (Å²) in [7, 11) is 1.35. The number of hydrogen-bond donors (Lipinski definition) is 1. The number of amides is 1. The molecule has 1 amide bonds. The molecule has 0 radical (unpaired) electrons. The number of likely N-dealkylation sites (tertiary alicyclic amines) is 1. The highest BCUT2D eigenvalue weighted by molar-refractivity contribution is 5.94. The van der Waals surface area contributed by atoms with Gasteiger partial charge >= 0.3 is 6.61 Å². The van der Waals surface area contributed by atoms with E-state index in [1.165, 1.54) is 44.6 Å². The molecular formula is C18H24F2N2O3. The van der Waals surface area contributed by atoms with Crippen molar-refractivity contribution >= 4 is 5.91 Å². The van der Waals surface area contributed by atoms with E-state index in [9.17, 15) is 13.6 Å². The second kappa shape index (κ2) is 7.99. The molecule has 1 aromatic carbocycles. The maximum absolute atomic E-state index is 12.4. The van der Waals surface area contributed by atoms with Crippen molar-refractivity contribution in [3.8, 4) is 11.5 Å². The molecule has 1 atom stereocenters. The van der Waals surface area contributed by atoms with E-state index in [4.69, 9.17) is 4.74 Å². The van der Waals surface area contributed by atoms with Gasteiger partial charge in [-0.2, -0.15) is 8.78 Å². The summed E-state index contributed by atoms with van der Waals surface area (Å²) in [6.07, 6.45) is 4.91. The van der Waals surface area contributed by atoms with Crippen LogP contribution >= 0.6 is 0 Å². The van der Waals surface area contributed by atoms with E-state index in [1.54, 1.807) is 0 Å². The SMILES string of the molecule is COc1cc(C(=O)NCC2CCCN2CC2CC2)ccc1OC(F)F. The number of methoxy groups -OCH3 is 1. The number of rotatable bonds is 8. The van der Waals surface area contributed by atoms with E-state index in [-0.39, 0.29) is 17.4 Å². The van der Waals surface area contributed by atoms with Crippen LogP contribution in [0.3, 0.4) is 0 Å². The molecule has 1 saturated heterocycles. The lowest BCUT2D eigenvalue weighted by atomic mass is 10.1.